The summed E-state index contributed by atoms with van der Waals surface area (Å²) in [5.41, 5.74) is 1.10. The molecule has 0 amide bonds. The van der Waals surface area contributed by atoms with Crippen molar-refractivity contribution < 1.29 is 0 Å². The van der Waals surface area contributed by atoms with Gasteiger partial charge in [-0.3, -0.25) is 0 Å². The monoisotopic (exact) mass is 288 g/mol. The first-order valence-corrected chi connectivity index (χ1v) is 8.65. The smallest absolute Gasteiger partial charge is 0.227 e. The summed E-state index contributed by atoms with van der Waals surface area (Å²) in [6.45, 7) is 7.76. The van der Waals surface area contributed by atoms with E-state index >= 15 is 0 Å². The number of aromatic nitrogens is 2. The molecule has 4 heteroatoms. The van der Waals surface area contributed by atoms with Crippen molar-refractivity contribution in [2.45, 2.75) is 64.8 Å². The van der Waals surface area contributed by atoms with Crippen LogP contribution in [0.1, 0.15) is 57.6 Å². The molecule has 0 saturated carbocycles. The molecule has 21 heavy (non-hydrogen) atoms. The molecule has 2 aliphatic heterocycles. The van der Waals surface area contributed by atoms with Crippen molar-refractivity contribution in [3.8, 4) is 0 Å². The summed E-state index contributed by atoms with van der Waals surface area (Å²) in [7, 11) is 0. The quantitative estimate of drug-likeness (QED) is 0.851. The number of piperidine rings is 2. The number of rotatable bonds is 3. The number of hydrogen-bond donors (Lipinski definition) is 0. The van der Waals surface area contributed by atoms with Crippen molar-refractivity contribution in [3.63, 3.8) is 0 Å². The number of nitrogens with zero attached hydrogens (tertiary/aromatic N) is 4. The highest BCUT2D eigenvalue weighted by Gasteiger charge is 2.23. The van der Waals surface area contributed by atoms with Crippen LogP contribution in [-0.2, 0) is 0 Å². The van der Waals surface area contributed by atoms with E-state index in [1.54, 1.807) is 0 Å². The summed E-state index contributed by atoms with van der Waals surface area (Å²) in [6, 6.07) is 2.82. The van der Waals surface area contributed by atoms with E-state index < -0.39 is 0 Å². The SMILES string of the molecule is CCC1CCCCN1c1cc(C)nc(N2CCCCC2)n1. The van der Waals surface area contributed by atoms with Gasteiger partial charge in [-0.05, 0) is 51.9 Å². The van der Waals surface area contributed by atoms with Gasteiger partial charge < -0.3 is 9.80 Å². The van der Waals surface area contributed by atoms with Gasteiger partial charge in [0.05, 0.1) is 0 Å². The highest BCUT2D eigenvalue weighted by atomic mass is 15.3. The summed E-state index contributed by atoms with van der Waals surface area (Å²) < 4.78 is 0. The van der Waals surface area contributed by atoms with E-state index in [2.05, 4.69) is 29.7 Å². The predicted octanol–water partition coefficient (Wildman–Crippen LogP) is 3.54. The molecule has 4 nitrogen and oxygen atoms in total. The molecule has 0 aliphatic carbocycles. The van der Waals surface area contributed by atoms with Crippen molar-refractivity contribution >= 4 is 11.8 Å². The van der Waals surface area contributed by atoms with E-state index in [-0.39, 0.29) is 0 Å². The highest BCUT2D eigenvalue weighted by Crippen LogP contribution is 2.27. The van der Waals surface area contributed by atoms with Crippen molar-refractivity contribution in [2.75, 3.05) is 29.4 Å². The molecule has 0 bridgehead atoms. The molecule has 1 aromatic rings. The largest absolute Gasteiger partial charge is 0.353 e. The summed E-state index contributed by atoms with van der Waals surface area (Å²) in [5, 5.41) is 0. The lowest BCUT2D eigenvalue weighted by Crippen LogP contribution is -2.40. The molecule has 0 N–H and O–H groups in total. The van der Waals surface area contributed by atoms with Crippen molar-refractivity contribution in [3.05, 3.63) is 11.8 Å². The van der Waals surface area contributed by atoms with E-state index in [1.807, 2.05) is 0 Å². The van der Waals surface area contributed by atoms with Gasteiger partial charge in [0.2, 0.25) is 5.95 Å². The summed E-state index contributed by atoms with van der Waals surface area (Å²) >= 11 is 0. The van der Waals surface area contributed by atoms with Gasteiger partial charge in [0, 0.05) is 37.4 Å². The highest BCUT2D eigenvalue weighted by molar-refractivity contribution is 5.47. The molecule has 1 unspecified atom stereocenters. The summed E-state index contributed by atoms with van der Waals surface area (Å²) in [5.74, 6) is 2.10. The van der Waals surface area contributed by atoms with Crippen LogP contribution in [0.4, 0.5) is 11.8 Å². The maximum absolute atomic E-state index is 4.92. The second-order valence-corrected chi connectivity index (χ2v) is 6.47. The van der Waals surface area contributed by atoms with Crippen LogP contribution in [0.5, 0.6) is 0 Å². The Kier molecular flexibility index (Phi) is 4.61. The molecule has 2 aliphatic rings. The zero-order chi connectivity index (χ0) is 14.7. The summed E-state index contributed by atoms with van der Waals surface area (Å²) in [6.07, 6.45) is 9.05. The van der Waals surface area contributed by atoms with Gasteiger partial charge in [-0.25, -0.2) is 4.98 Å². The second kappa shape index (κ2) is 6.63. The lowest BCUT2D eigenvalue weighted by Gasteiger charge is -2.37. The minimum Gasteiger partial charge on any atom is -0.353 e. The van der Waals surface area contributed by atoms with Crippen LogP contribution in [0.15, 0.2) is 6.07 Å². The third-order valence-corrected chi connectivity index (χ3v) is 4.86. The van der Waals surface area contributed by atoms with Crippen LogP contribution in [0.25, 0.3) is 0 Å². The van der Waals surface area contributed by atoms with E-state index in [0.717, 1.165) is 37.1 Å². The van der Waals surface area contributed by atoms with Crippen molar-refractivity contribution in [2.24, 2.45) is 0 Å². The van der Waals surface area contributed by atoms with E-state index in [9.17, 15) is 0 Å². The van der Waals surface area contributed by atoms with Gasteiger partial charge in [0.25, 0.3) is 0 Å². The Morgan fingerprint density at radius 2 is 1.81 bits per heavy atom. The minimum absolute atomic E-state index is 0.655. The number of anilines is 2. The Morgan fingerprint density at radius 1 is 1.05 bits per heavy atom. The molecule has 2 saturated heterocycles. The minimum atomic E-state index is 0.655. The molecule has 2 fully saturated rings. The molecule has 3 heterocycles. The Labute approximate surface area is 128 Å². The lowest BCUT2D eigenvalue weighted by molar-refractivity contribution is 0.446. The van der Waals surface area contributed by atoms with Crippen molar-refractivity contribution in [1.29, 1.82) is 0 Å². The zero-order valence-corrected chi connectivity index (χ0v) is 13.5. The first kappa shape index (κ1) is 14.6. The number of aryl methyl sites for hydroxylation is 1. The van der Waals surface area contributed by atoms with Crippen LogP contribution in [0.2, 0.25) is 0 Å². The Morgan fingerprint density at radius 3 is 2.57 bits per heavy atom. The third-order valence-electron chi connectivity index (χ3n) is 4.86. The molecule has 0 aromatic carbocycles. The molecule has 1 atom stereocenters. The predicted molar refractivity (Wildman–Crippen MR) is 88.1 cm³/mol. The fraction of sp³-hybridized carbons (Fsp3) is 0.765. The van der Waals surface area contributed by atoms with Gasteiger partial charge >= 0.3 is 0 Å². The second-order valence-electron chi connectivity index (χ2n) is 6.47. The van der Waals surface area contributed by atoms with Crippen LogP contribution < -0.4 is 9.80 Å². The lowest BCUT2D eigenvalue weighted by atomic mass is 10.00. The van der Waals surface area contributed by atoms with Crippen LogP contribution in [0, 0.1) is 6.92 Å². The first-order chi connectivity index (χ1) is 10.3. The van der Waals surface area contributed by atoms with Gasteiger partial charge in [-0.15, -0.1) is 0 Å². The molecule has 116 valence electrons. The molecule has 0 spiro atoms. The molecule has 0 radical (unpaired) electrons. The topological polar surface area (TPSA) is 32.3 Å². The maximum Gasteiger partial charge on any atom is 0.227 e. The zero-order valence-electron chi connectivity index (χ0n) is 13.5. The van der Waals surface area contributed by atoms with Crippen LogP contribution >= 0.6 is 0 Å². The maximum atomic E-state index is 4.92. The molecule has 3 rings (SSSR count). The van der Waals surface area contributed by atoms with Gasteiger partial charge in [0.1, 0.15) is 5.82 Å². The molecular weight excluding hydrogens is 260 g/mol. The fourth-order valence-corrected chi connectivity index (χ4v) is 3.65. The van der Waals surface area contributed by atoms with Gasteiger partial charge in [-0.1, -0.05) is 6.92 Å². The Bertz CT molecular complexity index is 468. The standard InChI is InChI=1S/C17H28N4/c1-3-15-9-5-8-12-21(15)16-13-14(2)18-17(19-16)20-10-6-4-7-11-20/h13,15H,3-12H2,1-2H3. The van der Waals surface area contributed by atoms with Gasteiger partial charge in [0.15, 0.2) is 0 Å². The van der Waals surface area contributed by atoms with Crippen LogP contribution in [0.3, 0.4) is 0 Å². The number of hydrogen-bond acceptors (Lipinski definition) is 4. The van der Waals surface area contributed by atoms with Crippen molar-refractivity contribution in [1.82, 2.24) is 9.97 Å². The average molecular weight is 288 g/mol. The fourth-order valence-electron chi connectivity index (χ4n) is 3.65. The van der Waals surface area contributed by atoms with Crippen LogP contribution in [-0.4, -0.2) is 35.6 Å². The normalized spacial score (nSPS) is 23.4. The van der Waals surface area contributed by atoms with E-state index in [4.69, 9.17) is 9.97 Å². The summed E-state index contributed by atoms with van der Waals surface area (Å²) in [4.78, 5) is 14.5. The van der Waals surface area contributed by atoms with E-state index in [1.165, 1.54) is 44.9 Å². The van der Waals surface area contributed by atoms with E-state index in [0.29, 0.717) is 6.04 Å². The Balaban J connectivity index is 1.85. The molecular formula is C17H28N4. The van der Waals surface area contributed by atoms with Gasteiger partial charge in [-0.2, -0.15) is 4.98 Å². The first-order valence-electron chi connectivity index (χ1n) is 8.65. The average Bonchev–Trinajstić information content (AvgIpc) is 2.55. The third kappa shape index (κ3) is 3.30. The Hall–Kier alpha value is -1.32. The molecule has 1 aromatic heterocycles.